The number of aromatic nitrogens is 3. The predicted octanol–water partition coefficient (Wildman–Crippen LogP) is 2.96. The first-order valence-corrected chi connectivity index (χ1v) is 7.13. The molecule has 0 saturated heterocycles. The van der Waals surface area contributed by atoms with Gasteiger partial charge in [-0.2, -0.15) is 0 Å². The molecule has 0 amide bonds. The van der Waals surface area contributed by atoms with Gasteiger partial charge in [0.1, 0.15) is 18.0 Å². The molecular formula is C13H15F2N3OS. The first-order valence-electron chi connectivity index (χ1n) is 6.14. The summed E-state index contributed by atoms with van der Waals surface area (Å²) in [6, 6.07) is 3.35. The molecule has 20 heavy (non-hydrogen) atoms. The molecule has 1 N–H and O–H groups in total. The average Bonchev–Trinajstić information content (AvgIpc) is 2.84. The minimum Gasteiger partial charge on any atom is -0.387 e. The lowest BCUT2D eigenvalue weighted by Crippen LogP contribution is -2.06. The van der Waals surface area contributed by atoms with Gasteiger partial charge in [0.25, 0.3) is 0 Å². The van der Waals surface area contributed by atoms with Gasteiger partial charge in [0.2, 0.25) is 0 Å². The maximum absolute atomic E-state index is 13.5. The van der Waals surface area contributed by atoms with E-state index in [4.69, 9.17) is 0 Å². The molecule has 4 nitrogen and oxygen atoms in total. The van der Waals surface area contributed by atoms with E-state index < -0.39 is 17.7 Å². The molecule has 0 spiro atoms. The van der Waals surface area contributed by atoms with E-state index in [0.29, 0.717) is 5.16 Å². The van der Waals surface area contributed by atoms with Crippen LogP contribution < -0.4 is 0 Å². The van der Waals surface area contributed by atoms with Gasteiger partial charge in [0.15, 0.2) is 5.16 Å². The fourth-order valence-electron chi connectivity index (χ4n) is 1.70. The molecular weight excluding hydrogens is 284 g/mol. The van der Waals surface area contributed by atoms with Crippen molar-refractivity contribution >= 4 is 11.8 Å². The predicted molar refractivity (Wildman–Crippen MR) is 72.4 cm³/mol. The van der Waals surface area contributed by atoms with E-state index in [1.54, 1.807) is 6.33 Å². The Bertz CT molecular complexity index is 589. The van der Waals surface area contributed by atoms with Crippen LogP contribution in [-0.2, 0) is 0 Å². The summed E-state index contributed by atoms with van der Waals surface area (Å²) in [6.45, 7) is 3.98. The summed E-state index contributed by atoms with van der Waals surface area (Å²) in [5.74, 6) is -1.19. The highest BCUT2D eigenvalue weighted by atomic mass is 32.2. The van der Waals surface area contributed by atoms with Gasteiger partial charge in [0, 0.05) is 23.4 Å². The molecule has 2 rings (SSSR count). The standard InChI is InChI=1S/C13H15F2N3OS/c1-8(2)18-7-16-17-13(18)20-6-12(19)10-4-3-9(14)5-11(10)15/h3-5,7-8,12,19H,6H2,1-2H3. The Morgan fingerprint density at radius 2 is 2.10 bits per heavy atom. The Balaban J connectivity index is 2.05. The third-order valence-electron chi connectivity index (χ3n) is 2.79. The van der Waals surface area contributed by atoms with Gasteiger partial charge in [-0.1, -0.05) is 17.8 Å². The number of aliphatic hydroxyl groups is 1. The molecule has 0 aliphatic heterocycles. The topological polar surface area (TPSA) is 50.9 Å². The highest BCUT2D eigenvalue weighted by Crippen LogP contribution is 2.26. The number of nitrogens with zero attached hydrogens (tertiary/aromatic N) is 3. The largest absolute Gasteiger partial charge is 0.387 e. The monoisotopic (exact) mass is 299 g/mol. The molecule has 0 bridgehead atoms. The summed E-state index contributed by atoms with van der Waals surface area (Å²) in [4.78, 5) is 0. The van der Waals surface area contributed by atoms with Gasteiger partial charge in [-0.25, -0.2) is 8.78 Å². The third-order valence-corrected chi connectivity index (χ3v) is 3.82. The van der Waals surface area contributed by atoms with E-state index in [9.17, 15) is 13.9 Å². The molecule has 1 aromatic heterocycles. The van der Waals surface area contributed by atoms with E-state index >= 15 is 0 Å². The molecule has 1 atom stereocenters. The van der Waals surface area contributed by atoms with Crippen LogP contribution in [0.5, 0.6) is 0 Å². The molecule has 7 heteroatoms. The zero-order valence-electron chi connectivity index (χ0n) is 11.1. The molecule has 0 fully saturated rings. The van der Waals surface area contributed by atoms with E-state index in [0.717, 1.165) is 12.1 Å². The van der Waals surface area contributed by atoms with Gasteiger partial charge >= 0.3 is 0 Å². The first kappa shape index (κ1) is 14.9. The Kier molecular flexibility index (Phi) is 4.72. The first-order chi connectivity index (χ1) is 9.49. The molecule has 1 aromatic carbocycles. The second-order valence-corrected chi connectivity index (χ2v) is 5.59. The Hall–Kier alpha value is -1.47. The third kappa shape index (κ3) is 3.34. The zero-order valence-corrected chi connectivity index (χ0v) is 11.9. The molecule has 1 heterocycles. The van der Waals surface area contributed by atoms with Crippen LogP contribution >= 0.6 is 11.8 Å². The van der Waals surface area contributed by atoms with Crippen LogP contribution in [0, 0.1) is 11.6 Å². The fraction of sp³-hybridized carbons (Fsp3) is 0.385. The summed E-state index contributed by atoms with van der Waals surface area (Å²) in [5, 5.41) is 18.4. The number of benzene rings is 1. The SMILES string of the molecule is CC(C)n1cnnc1SCC(O)c1ccc(F)cc1F. The Labute approximate surface area is 119 Å². The molecule has 0 aliphatic rings. The van der Waals surface area contributed by atoms with Gasteiger partial charge in [-0.3, -0.25) is 0 Å². The van der Waals surface area contributed by atoms with Crippen molar-refractivity contribution in [3.8, 4) is 0 Å². The van der Waals surface area contributed by atoms with Crippen molar-refractivity contribution < 1.29 is 13.9 Å². The molecule has 0 aliphatic carbocycles. The average molecular weight is 299 g/mol. The highest BCUT2D eigenvalue weighted by molar-refractivity contribution is 7.99. The fourth-order valence-corrected chi connectivity index (χ4v) is 2.70. The van der Waals surface area contributed by atoms with Crippen LogP contribution in [0.3, 0.4) is 0 Å². The summed E-state index contributed by atoms with van der Waals surface area (Å²) >= 11 is 1.28. The summed E-state index contributed by atoms with van der Waals surface area (Å²) in [5.41, 5.74) is 0.0783. The molecule has 108 valence electrons. The van der Waals surface area contributed by atoms with Crippen LogP contribution in [0.4, 0.5) is 8.78 Å². The molecule has 2 aromatic rings. The van der Waals surface area contributed by atoms with Crippen LogP contribution in [0.2, 0.25) is 0 Å². The van der Waals surface area contributed by atoms with Crippen molar-refractivity contribution in [2.45, 2.75) is 31.1 Å². The van der Waals surface area contributed by atoms with Crippen LogP contribution in [0.15, 0.2) is 29.7 Å². The van der Waals surface area contributed by atoms with Crippen molar-refractivity contribution in [1.82, 2.24) is 14.8 Å². The van der Waals surface area contributed by atoms with Crippen molar-refractivity contribution in [2.75, 3.05) is 5.75 Å². The number of hydrogen-bond donors (Lipinski definition) is 1. The normalized spacial score (nSPS) is 12.9. The number of rotatable bonds is 5. The van der Waals surface area contributed by atoms with Gasteiger partial charge in [0.05, 0.1) is 6.10 Å². The second-order valence-electron chi connectivity index (χ2n) is 4.61. The number of aliphatic hydroxyl groups excluding tert-OH is 1. The maximum Gasteiger partial charge on any atom is 0.191 e. The highest BCUT2D eigenvalue weighted by Gasteiger charge is 2.16. The van der Waals surface area contributed by atoms with Crippen molar-refractivity contribution in [3.63, 3.8) is 0 Å². The van der Waals surface area contributed by atoms with Gasteiger partial charge < -0.3 is 9.67 Å². The summed E-state index contributed by atoms with van der Waals surface area (Å²) in [7, 11) is 0. The van der Waals surface area contributed by atoms with E-state index in [1.807, 2.05) is 18.4 Å². The lowest BCUT2D eigenvalue weighted by atomic mass is 10.1. The molecule has 1 unspecified atom stereocenters. The minimum absolute atomic E-state index is 0.0783. The van der Waals surface area contributed by atoms with E-state index in [2.05, 4.69) is 10.2 Å². The van der Waals surface area contributed by atoms with Crippen molar-refractivity contribution in [2.24, 2.45) is 0 Å². The Morgan fingerprint density at radius 1 is 1.35 bits per heavy atom. The number of hydrogen-bond acceptors (Lipinski definition) is 4. The maximum atomic E-state index is 13.5. The smallest absolute Gasteiger partial charge is 0.191 e. The lowest BCUT2D eigenvalue weighted by Gasteiger charge is -2.13. The van der Waals surface area contributed by atoms with Gasteiger partial charge in [-0.05, 0) is 19.9 Å². The molecule has 0 saturated carbocycles. The summed E-state index contributed by atoms with van der Waals surface area (Å²) < 4.78 is 28.2. The van der Waals surface area contributed by atoms with Crippen LogP contribution in [0.25, 0.3) is 0 Å². The quantitative estimate of drug-likeness (QED) is 0.862. The van der Waals surface area contributed by atoms with E-state index in [1.165, 1.54) is 17.8 Å². The van der Waals surface area contributed by atoms with Crippen LogP contribution in [0.1, 0.15) is 31.6 Å². The summed E-state index contributed by atoms with van der Waals surface area (Å²) in [6.07, 6.45) is 0.579. The van der Waals surface area contributed by atoms with E-state index in [-0.39, 0.29) is 17.4 Å². The van der Waals surface area contributed by atoms with Gasteiger partial charge in [-0.15, -0.1) is 10.2 Å². The van der Waals surface area contributed by atoms with Crippen LogP contribution in [-0.4, -0.2) is 25.6 Å². The number of thioether (sulfide) groups is 1. The Morgan fingerprint density at radius 3 is 2.75 bits per heavy atom. The minimum atomic E-state index is -1.03. The zero-order chi connectivity index (χ0) is 14.7. The molecule has 0 radical (unpaired) electrons. The van der Waals surface area contributed by atoms with Crippen molar-refractivity contribution in [1.29, 1.82) is 0 Å². The second kappa shape index (κ2) is 6.32. The van der Waals surface area contributed by atoms with Crippen molar-refractivity contribution in [3.05, 3.63) is 41.7 Å². The lowest BCUT2D eigenvalue weighted by molar-refractivity contribution is 0.198. The number of halogens is 2.